The van der Waals surface area contributed by atoms with Crippen LogP contribution >= 0.6 is 0 Å². The minimum Gasteiger partial charge on any atom is -0.461 e. The van der Waals surface area contributed by atoms with Gasteiger partial charge in [0.05, 0.1) is 0 Å². The van der Waals surface area contributed by atoms with E-state index in [0.29, 0.717) is 0 Å². The number of H-pyrrole nitrogens is 2. The van der Waals surface area contributed by atoms with Crippen LogP contribution in [0.3, 0.4) is 0 Å². The number of hydrogen-bond donors (Lipinski definition) is 2. The molecule has 0 spiro atoms. The number of aromatic amines is 2. The van der Waals surface area contributed by atoms with Gasteiger partial charge in [-0.15, -0.1) is 0 Å². The predicted octanol–water partition coefficient (Wildman–Crippen LogP) is 6.91. The Morgan fingerprint density at radius 2 is 1.12 bits per heavy atom. The number of unbranched alkanes of at least 4 members (excludes halogenated alkanes) is 2. The number of fused-ring (bicyclic) bond motifs is 2. The van der Waals surface area contributed by atoms with Gasteiger partial charge in [-0.3, -0.25) is 0 Å². The Bertz CT molecular complexity index is 1380. The fourth-order valence-electron chi connectivity index (χ4n) is 4.36. The zero-order valence-electron chi connectivity index (χ0n) is 18.2. The number of aryl methyl sites for hydroxylation is 2. The third-order valence-corrected chi connectivity index (χ3v) is 6.02. The molecule has 2 N–H and O–H groups in total. The Balaban J connectivity index is 1.03. The number of rotatable bonds is 8. The summed E-state index contributed by atoms with van der Waals surface area (Å²) >= 11 is 0. The van der Waals surface area contributed by atoms with E-state index in [4.69, 9.17) is 8.83 Å². The molecule has 2 aromatic carbocycles. The van der Waals surface area contributed by atoms with E-state index in [0.717, 1.165) is 88.3 Å². The topological polar surface area (TPSA) is 83.6 Å². The molecule has 6 nitrogen and oxygen atoms in total. The van der Waals surface area contributed by atoms with E-state index < -0.39 is 0 Å². The second-order valence-electron chi connectivity index (χ2n) is 8.37. The summed E-state index contributed by atoms with van der Waals surface area (Å²) in [5.74, 6) is 3.83. The van der Waals surface area contributed by atoms with Crippen LogP contribution in [0, 0.1) is 0 Å². The Morgan fingerprint density at radius 3 is 1.58 bits per heavy atom. The van der Waals surface area contributed by atoms with Gasteiger partial charge in [-0.05, 0) is 61.4 Å². The molecule has 6 rings (SSSR count). The molecule has 6 aromatic rings. The first-order valence-electron chi connectivity index (χ1n) is 11.4. The zero-order chi connectivity index (χ0) is 22.0. The standard InChI is InChI=1S/C27H24N4O2/c1(2-4-22-16-20-14-18(6-8-24(20)32-22)26-28-10-11-29-26)3-5-23-17-21-15-19(7-9-25(21)33-23)27-30-12-13-31-27/h6-17H,1-5H2,(H,28,29)(H,30,31). The molecular weight excluding hydrogens is 412 g/mol. The fraction of sp³-hybridized carbons (Fsp3) is 0.185. The summed E-state index contributed by atoms with van der Waals surface area (Å²) in [4.78, 5) is 15.0. The van der Waals surface area contributed by atoms with Crippen LogP contribution in [0.15, 0.2) is 82.2 Å². The lowest BCUT2D eigenvalue weighted by molar-refractivity contribution is 0.509. The summed E-state index contributed by atoms with van der Waals surface area (Å²) in [5.41, 5.74) is 4.00. The molecule has 0 atom stereocenters. The molecule has 0 saturated carbocycles. The summed E-state index contributed by atoms with van der Waals surface area (Å²) in [6, 6.07) is 16.7. The van der Waals surface area contributed by atoms with Gasteiger partial charge in [0.2, 0.25) is 0 Å². The maximum absolute atomic E-state index is 6.03. The van der Waals surface area contributed by atoms with Crippen LogP contribution < -0.4 is 0 Å². The highest BCUT2D eigenvalue weighted by Gasteiger charge is 2.09. The van der Waals surface area contributed by atoms with Crippen molar-refractivity contribution in [1.82, 2.24) is 19.9 Å². The average Bonchev–Trinajstić information content (AvgIpc) is 3.64. The van der Waals surface area contributed by atoms with Crippen LogP contribution in [0.1, 0.15) is 30.8 Å². The summed E-state index contributed by atoms with van der Waals surface area (Å²) in [7, 11) is 0. The number of hydrogen-bond acceptors (Lipinski definition) is 4. The smallest absolute Gasteiger partial charge is 0.137 e. The highest BCUT2D eigenvalue weighted by atomic mass is 16.3. The molecule has 0 unspecified atom stereocenters. The molecule has 0 aliphatic carbocycles. The van der Waals surface area contributed by atoms with Crippen LogP contribution in [0.2, 0.25) is 0 Å². The van der Waals surface area contributed by atoms with Crippen molar-refractivity contribution in [1.29, 1.82) is 0 Å². The first-order chi connectivity index (χ1) is 16.3. The number of aromatic nitrogens is 4. The predicted molar refractivity (Wildman–Crippen MR) is 129 cm³/mol. The molecule has 33 heavy (non-hydrogen) atoms. The fourth-order valence-corrected chi connectivity index (χ4v) is 4.36. The molecule has 0 aliphatic heterocycles. The van der Waals surface area contributed by atoms with Gasteiger partial charge in [-0.25, -0.2) is 9.97 Å². The Kier molecular flexibility index (Phi) is 5.03. The normalized spacial score (nSPS) is 11.6. The minimum atomic E-state index is 0.877. The lowest BCUT2D eigenvalue weighted by atomic mass is 10.1. The Morgan fingerprint density at radius 1 is 0.606 bits per heavy atom. The van der Waals surface area contributed by atoms with Crippen LogP contribution in [0.4, 0.5) is 0 Å². The number of nitrogens with one attached hydrogen (secondary N) is 2. The maximum atomic E-state index is 6.03. The van der Waals surface area contributed by atoms with Crippen molar-refractivity contribution < 1.29 is 8.83 Å². The van der Waals surface area contributed by atoms with Crippen molar-refractivity contribution in [3.8, 4) is 22.8 Å². The van der Waals surface area contributed by atoms with Crippen molar-refractivity contribution >= 4 is 21.9 Å². The molecule has 0 fully saturated rings. The largest absolute Gasteiger partial charge is 0.461 e. The molecule has 4 heterocycles. The van der Waals surface area contributed by atoms with Crippen molar-refractivity contribution in [2.45, 2.75) is 32.1 Å². The summed E-state index contributed by atoms with van der Waals surface area (Å²) in [6.45, 7) is 0. The summed E-state index contributed by atoms with van der Waals surface area (Å²) in [6.07, 6.45) is 12.4. The SMILES string of the molecule is c1c[nH]c(-c2ccc3oc(CCCCCc4cc5cc(-c6ncc[nH]6)ccc5o4)cc3c2)n1. The molecular formula is C27H24N4O2. The molecule has 0 amide bonds. The van der Waals surface area contributed by atoms with Gasteiger partial charge in [0, 0.05) is 59.5 Å². The van der Waals surface area contributed by atoms with Crippen molar-refractivity contribution in [3.05, 3.63) is 84.8 Å². The van der Waals surface area contributed by atoms with E-state index in [1.165, 1.54) is 0 Å². The zero-order valence-corrected chi connectivity index (χ0v) is 18.2. The van der Waals surface area contributed by atoms with Gasteiger partial charge in [-0.1, -0.05) is 6.42 Å². The van der Waals surface area contributed by atoms with E-state index in [9.17, 15) is 0 Å². The monoisotopic (exact) mass is 436 g/mol. The summed E-state index contributed by atoms with van der Waals surface area (Å²) in [5, 5.41) is 2.24. The van der Waals surface area contributed by atoms with Crippen molar-refractivity contribution in [3.63, 3.8) is 0 Å². The number of nitrogens with zero attached hydrogens (tertiary/aromatic N) is 2. The Labute approximate surface area is 190 Å². The highest BCUT2D eigenvalue weighted by Crippen LogP contribution is 2.27. The number of benzene rings is 2. The second kappa shape index (κ2) is 8.47. The lowest BCUT2D eigenvalue weighted by Crippen LogP contribution is -1.86. The molecule has 0 bridgehead atoms. The van der Waals surface area contributed by atoms with Gasteiger partial charge in [0.25, 0.3) is 0 Å². The van der Waals surface area contributed by atoms with Crippen LogP contribution in [0.25, 0.3) is 44.7 Å². The van der Waals surface area contributed by atoms with E-state index in [2.05, 4.69) is 44.2 Å². The van der Waals surface area contributed by atoms with E-state index in [1.54, 1.807) is 12.4 Å². The van der Waals surface area contributed by atoms with Crippen LogP contribution in [-0.2, 0) is 12.8 Å². The average molecular weight is 437 g/mol. The number of imidazole rings is 2. The van der Waals surface area contributed by atoms with E-state index >= 15 is 0 Å². The van der Waals surface area contributed by atoms with Crippen LogP contribution in [-0.4, -0.2) is 19.9 Å². The molecule has 6 heteroatoms. The lowest BCUT2D eigenvalue weighted by Gasteiger charge is -1.98. The minimum absolute atomic E-state index is 0.877. The Hall–Kier alpha value is -4.06. The molecule has 0 radical (unpaired) electrons. The van der Waals surface area contributed by atoms with Gasteiger partial charge >= 0.3 is 0 Å². The third kappa shape index (κ3) is 4.07. The molecule has 4 aromatic heterocycles. The van der Waals surface area contributed by atoms with Gasteiger partial charge in [0.15, 0.2) is 0 Å². The number of furan rings is 2. The first kappa shape index (κ1) is 19.6. The summed E-state index contributed by atoms with van der Waals surface area (Å²) < 4.78 is 12.1. The van der Waals surface area contributed by atoms with Gasteiger partial charge in [0.1, 0.15) is 34.3 Å². The quantitative estimate of drug-likeness (QED) is 0.254. The molecule has 0 aliphatic rings. The molecule has 0 saturated heterocycles. The third-order valence-electron chi connectivity index (χ3n) is 6.02. The first-order valence-corrected chi connectivity index (χ1v) is 11.4. The van der Waals surface area contributed by atoms with Crippen LogP contribution in [0.5, 0.6) is 0 Å². The highest BCUT2D eigenvalue weighted by molar-refractivity contribution is 5.83. The van der Waals surface area contributed by atoms with Gasteiger partial charge < -0.3 is 18.8 Å². The maximum Gasteiger partial charge on any atom is 0.137 e. The van der Waals surface area contributed by atoms with Crippen molar-refractivity contribution in [2.75, 3.05) is 0 Å². The second-order valence-corrected chi connectivity index (χ2v) is 8.37. The van der Waals surface area contributed by atoms with E-state index in [-0.39, 0.29) is 0 Å². The van der Waals surface area contributed by atoms with Crippen molar-refractivity contribution in [2.24, 2.45) is 0 Å². The molecule has 164 valence electrons. The van der Waals surface area contributed by atoms with E-state index in [1.807, 2.05) is 36.7 Å². The van der Waals surface area contributed by atoms with Gasteiger partial charge in [-0.2, -0.15) is 0 Å².